The Morgan fingerprint density at radius 3 is 2.89 bits per heavy atom. The average molecular weight is 278 g/mol. The largest absolute Gasteiger partial charge is 0.349 e. The van der Waals surface area contributed by atoms with E-state index in [9.17, 15) is 9.18 Å². The molecule has 0 spiro atoms. The third kappa shape index (κ3) is 2.56. The fourth-order valence-corrected chi connectivity index (χ4v) is 2.32. The molecule has 1 aliphatic carbocycles. The highest BCUT2D eigenvalue weighted by atomic mass is 35.5. The van der Waals surface area contributed by atoms with E-state index in [1.54, 1.807) is 12.1 Å². The fourth-order valence-electron chi connectivity index (χ4n) is 2.13. The number of rotatable bonds is 4. The standard InChI is InChI=1S/C15H13ClFNO/c16-14-11(2-1-3-13(14)17)8-18-7-6-12(9-18)15(19)10-4-5-10/h1-3,6-7,9-10H,4-5,8H2. The summed E-state index contributed by atoms with van der Waals surface area (Å²) in [5.74, 6) is 0.0123. The number of hydrogen-bond donors (Lipinski definition) is 0. The topological polar surface area (TPSA) is 22.0 Å². The smallest absolute Gasteiger partial charge is 0.167 e. The van der Waals surface area contributed by atoms with Crippen molar-refractivity contribution in [2.75, 3.05) is 0 Å². The first kappa shape index (κ1) is 12.4. The minimum atomic E-state index is -0.416. The Balaban J connectivity index is 1.80. The van der Waals surface area contributed by atoms with Gasteiger partial charge in [0.05, 0.1) is 5.02 Å². The maximum Gasteiger partial charge on any atom is 0.167 e. The van der Waals surface area contributed by atoms with Crippen LogP contribution in [0, 0.1) is 11.7 Å². The normalized spacial score (nSPS) is 14.6. The van der Waals surface area contributed by atoms with Crippen LogP contribution in [0.2, 0.25) is 5.02 Å². The first-order valence-electron chi connectivity index (χ1n) is 6.28. The van der Waals surface area contributed by atoms with Crippen LogP contribution in [-0.4, -0.2) is 10.4 Å². The van der Waals surface area contributed by atoms with E-state index >= 15 is 0 Å². The molecule has 0 bridgehead atoms. The van der Waals surface area contributed by atoms with Gasteiger partial charge in [-0.1, -0.05) is 23.7 Å². The molecule has 0 unspecified atom stereocenters. The zero-order chi connectivity index (χ0) is 13.4. The van der Waals surface area contributed by atoms with E-state index in [0.29, 0.717) is 12.1 Å². The van der Waals surface area contributed by atoms with Crippen molar-refractivity contribution in [2.45, 2.75) is 19.4 Å². The van der Waals surface area contributed by atoms with Crippen LogP contribution in [0.1, 0.15) is 28.8 Å². The zero-order valence-electron chi connectivity index (χ0n) is 10.3. The lowest BCUT2D eigenvalue weighted by Crippen LogP contribution is -2.01. The predicted octanol–water partition coefficient (Wildman–Crippen LogP) is 3.92. The summed E-state index contributed by atoms with van der Waals surface area (Å²) in [4.78, 5) is 11.9. The molecule has 0 aliphatic heterocycles. The second kappa shape index (κ2) is 4.82. The molecule has 0 radical (unpaired) electrons. The van der Waals surface area contributed by atoms with Gasteiger partial charge in [-0.2, -0.15) is 0 Å². The van der Waals surface area contributed by atoms with Gasteiger partial charge < -0.3 is 4.57 Å². The lowest BCUT2D eigenvalue weighted by Gasteiger charge is -2.06. The maximum absolute atomic E-state index is 13.3. The first-order chi connectivity index (χ1) is 9.15. The third-order valence-corrected chi connectivity index (χ3v) is 3.79. The first-order valence-corrected chi connectivity index (χ1v) is 6.66. The van der Waals surface area contributed by atoms with Crippen LogP contribution < -0.4 is 0 Å². The number of hydrogen-bond acceptors (Lipinski definition) is 1. The molecule has 1 aromatic heterocycles. The van der Waals surface area contributed by atoms with E-state index in [2.05, 4.69) is 0 Å². The van der Waals surface area contributed by atoms with E-state index in [4.69, 9.17) is 11.6 Å². The quantitative estimate of drug-likeness (QED) is 0.777. The molecule has 1 aromatic carbocycles. The highest BCUT2D eigenvalue weighted by Gasteiger charge is 2.30. The number of nitrogens with zero attached hydrogens (tertiary/aromatic N) is 1. The van der Waals surface area contributed by atoms with Gasteiger partial charge in [-0.25, -0.2) is 4.39 Å². The van der Waals surface area contributed by atoms with Crippen LogP contribution >= 0.6 is 11.6 Å². The molecule has 0 amide bonds. The third-order valence-electron chi connectivity index (χ3n) is 3.37. The van der Waals surface area contributed by atoms with Gasteiger partial charge in [0.2, 0.25) is 0 Å². The molecule has 2 nitrogen and oxygen atoms in total. The van der Waals surface area contributed by atoms with Crippen LogP contribution in [0.3, 0.4) is 0 Å². The molecule has 3 rings (SSSR count). The molecule has 0 N–H and O–H groups in total. The summed E-state index contributed by atoms with van der Waals surface area (Å²) in [5.41, 5.74) is 1.44. The molecule has 2 aromatic rings. The molecule has 19 heavy (non-hydrogen) atoms. The number of carbonyl (C=O) groups is 1. The number of aromatic nitrogens is 1. The molecule has 1 heterocycles. The summed E-state index contributed by atoms with van der Waals surface area (Å²) in [6, 6.07) is 6.57. The highest BCUT2D eigenvalue weighted by molar-refractivity contribution is 6.31. The Bertz CT molecular complexity index is 631. The van der Waals surface area contributed by atoms with E-state index in [0.717, 1.165) is 18.4 Å². The molecule has 1 aliphatic rings. The van der Waals surface area contributed by atoms with Gasteiger partial charge in [-0.15, -0.1) is 0 Å². The van der Waals surface area contributed by atoms with Crippen LogP contribution in [0.25, 0.3) is 0 Å². The summed E-state index contributed by atoms with van der Waals surface area (Å²) in [6.45, 7) is 0.467. The van der Waals surface area contributed by atoms with Crippen LogP contribution in [-0.2, 0) is 6.54 Å². The van der Waals surface area contributed by atoms with E-state index in [1.165, 1.54) is 6.07 Å². The van der Waals surface area contributed by atoms with Crippen LogP contribution in [0.15, 0.2) is 36.7 Å². The summed E-state index contributed by atoms with van der Waals surface area (Å²) in [6.07, 6.45) is 5.64. The molecule has 98 valence electrons. The van der Waals surface area contributed by atoms with Crippen molar-refractivity contribution in [2.24, 2.45) is 5.92 Å². The molecule has 0 atom stereocenters. The molecule has 4 heteroatoms. The SMILES string of the molecule is O=C(c1ccn(Cc2cccc(F)c2Cl)c1)C1CC1. The van der Waals surface area contributed by atoms with Crippen molar-refractivity contribution in [3.05, 3.63) is 58.6 Å². The van der Waals surface area contributed by atoms with Gasteiger partial charge in [0.1, 0.15) is 5.82 Å². The van der Waals surface area contributed by atoms with Crippen molar-refractivity contribution in [1.82, 2.24) is 4.57 Å². The number of Topliss-reactive ketones (excluding diaryl/α,β-unsaturated/α-hetero) is 1. The lowest BCUT2D eigenvalue weighted by molar-refractivity contribution is 0.0967. The Kier molecular flexibility index (Phi) is 3.15. The number of benzene rings is 1. The van der Waals surface area contributed by atoms with E-state index in [1.807, 2.05) is 23.0 Å². The maximum atomic E-state index is 13.3. The zero-order valence-corrected chi connectivity index (χ0v) is 11.0. The van der Waals surface area contributed by atoms with E-state index < -0.39 is 5.82 Å². The van der Waals surface area contributed by atoms with Gasteiger partial charge >= 0.3 is 0 Å². The van der Waals surface area contributed by atoms with Crippen LogP contribution in [0.4, 0.5) is 4.39 Å². The number of ketones is 1. The van der Waals surface area contributed by atoms with Crippen molar-refractivity contribution < 1.29 is 9.18 Å². The minimum Gasteiger partial charge on any atom is -0.349 e. The van der Waals surface area contributed by atoms with Gasteiger partial charge in [-0.3, -0.25) is 4.79 Å². The van der Waals surface area contributed by atoms with Crippen molar-refractivity contribution >= 4 is 17.4 Å². The summed E-state index contributed by atoms with van der Waals surface area (Å²) < 4.78 is 15.2. The van der Waals surface area contributed by atoms with Gasteiger partial charge in [0.25, 0.3) is 0 Å². The average Bonchev–Trinajstić information content (AvgIpc) is 3.14. The summed E-state index contributed by atoms with van der Waals surface area (Å²) in [7, 11) is 0. The molecule has 1 saturated carbocycles. The lowest BCUT2D eigenvalue weighted by atomic mass is 10.1. The van der Waals surface area contributed by atoms with Crippen molar-refractivity contribution in [1.29, 1.82) is 0 Å². The molecular weight excluding hydrogens is 265 g/mol. The summed E-state index contributed by atoms with van der Waals surface area (Å²) >= 11 is 5.92. The molecular formula is C15H13ClFNO. The second-order valence-electron chi connectivity index (χ2n) is 4.92. The summed E-state index contributed by atoms with van der Waals surface area (Å²) in [5, 5.41) is 0.145. The Morgan fingerprint density at radius 2 is 2.16 bits per heavy atom. The minimum absolute atomic E-state index is 0.145. The van der Waals surface area contributed by atoms with Gasteiger partial charge in [0.15, 0.2) is 5.78 Å². The Hall–Kier alpha value is -1.61. The number of carbonyl (C=O) groups excluding carboxylic acids is 1. The van der Waals surface area contributed by atoms with Crippen molar-refractivity contribution in [3.63, 3.8) is 0 Å². The Morgan fingerprint density at radius 1 is 1.37 bits per heavy atom. The highest BCUT2D eigenvalue weighted by Crippen LogP contribution is 2.32. The fraction of sp³-hybridized carbons (Fsp3) is 0.267. The monoisotopic (exact) mass is 277 g/mol. The molecule has 0 saturated heterocycles. The van der Waals surface area contributed by atoms with E-state index in [-0.39, 0.29) is 16.7 Å². The predicted molar refractivity (Wildman–Crippen MR) is 72.0 cm³/mol. The van der Waals surface area contributed by atoms with Crippen molar-refractivity contribution in [3.8, 4) is 0 Å². The number of halogens is 2. The Labute approximate surface area is 115 Å². The molecule has 1 fully saturated rings. The van der Waals surface area contributed by atoms with Gasteiger partial charge in [-0.05, 0) is 30.5 Å². The van der Waals surface area contributed by atoms with Crippen LogP contribution in [0.5, 0.6) is 0 Å². The second-order valence-corrected chi connectivity index (χ2v) is 5.30. The van der Waals surface area contributed by atoms with Gasteiger partial charge in [0, 0.05) is 30.4 Å².